The SMILES string of the molecule is Cc1cccc(CSCC(N)c2c(C)cc(C)cc2C)c1. The van der Waals surface area contributed by atoms with E-state index in [9.17, 15) is 0 Å². The first-order valence-electron chi connectivity index (χ1n) is 7.44. The molecule has 0 aromatic heterocycles. The molecular weight excluding hydrogens is 274 g/mol. The molecule has 0 amide bonds. The monoisotopic (exact) mass is 299 g/mol. The average Bonchev–Trinajstić information content (AvgIpc) is 2.37. The Balaban J connectivity index is 1.98. The third kappa shape index (κ3) is 4.36. The number of thioether (sulfide) groups is 1. The summed E-state index contributed by atoms with van der Waals surface area (Å²) in [5, 5.41) is 0. The van der Waals surface area contributed by atoms with Gasteiger partial charge in [-0.05, 0) is 49.9 Å². The molecule has 0 bridgehead atoms. The highest BCUT2D eigenvalue weighted by molar-refractivity contribution is 7.98. The summed E-state index contributed by atoms with van der Waals surface area (Å²) >= 11 is 1.91. The van der Waals surface area contributed by atoms with E-state index < -0.39 is 0 Å². The van der Waals surface area contributed by atoms with Crippen molar-refractivity contribution in [1.29, 1.82) is 0 Å². The molecule has 0 aliphatic rings. The van der Waals surface area contributed by atoms with Gasteiger partial charge in [-0.1, -0.05) is 47.5 Å². The highest BCUT2D eigenvalue weighted by atomic mass is 32.2. The van der Waals surface area contributed by atoms with Gasteiger partial charge in [0.05, 0.1) is 0 Å². The summed E-state index contributed by atoms with van der Waals surface area (Å²) in [7, 11) is 0. The van der Waals surface area contributed by atoms with Crippen molar-refractivity contribution in [3.63, 3.8) is 0 Å². The number of nitrogens with two attached hydrogens (primary N) is 1. The molecule has 0 spiro atoms. The average molecular weight is 299 g/mol. The molecular formula is C19H25NS. The van der Waals surface area contributed by atoms with Gasteiger partial charge in [0.1, 0.15) is 0 Å². The van der Waals surface area contributed by atoms with Crippen LogP contribution in [0.15, 0.2) is 36.4 Å². The van der Waals surface area contributed by atoms with E-state index in [1.54, 1.807) is 0 Å². The Labute approximate surface area is 133 Å². The van der Waals surface area contributed by atoms with Gasteiger partial charge in [-0.25, -0.2) is 0 Å². The molecule has 112 valence electrons. The van der Waals surface area contributed by atoms with Gasteiger partial charge in [0, 0.05) is 17.5 Å². The Bertz CT molecular complexity index is 596. The zero-order valence-electron chi connectivity index (χ0n) is 13.4. The van der Waals surface area contributed by atoms with Crippen molar-refractivity contribution in [2.45, 2.75) is 39.5 Å². The van der Waals surface area contributed by atoms with E-state index in [-0.39, 0.29) is 6.04 Å². The summed E-state index contributed by atoms with van der Waals surface area (Å²) in [4.78, 5) is 0. The zero-order valence-corrected chi connectivity index (χ0v) is 14.3. The van der Waals surface area contributed by atoms with Gasteiger partial charge in [0.2, 0.25) is 0 Å². The molecule has 0 heterocycles. The van der Waals surface area contributed by atoms with Crippen molar-refractivity contribution >= 4 is 11.8 Å². The maximum atomic E-state index is 6.42. The lowest BCUT2D eigenvalue weighted by Gasteiger charge is -2.18. The maximum Gasteiger partial charge on any atom is 0.0392 e. The van der Waals surface area contributed by atoms with E-state index in [2.05, 4.69) is 64.1 Å². The molecule has 0 saturated heterocycles. The summed E-state index contributed by atoms with van der Waals surface area (Å²) in [5.74, 6) is 1.98. The van der Waals surface area contributed by atoms with Gasteiger partial charge in [-0.2, -0.15) is 11.8 Å². The first-order chi connectivity index (χ1) is 9.97. The topological polar surface area (TPSA) is 26.0 Å². The number of aryl methyl sites for hydroxylation is 4. The molecule has 1 atom stereocenters. The van der Waals surface area contributed by atoms with Crippen LogP contribution in [0.1, 0.15) is 39.4 Å². The van der Waals surface area contributed by atoms with Crippen molar-refractivity contribution in [3.8, 4) is 0 Å². The standard InChI is InChI=1S/C19H25NS/c1-13-6-5-7-17(10-13)11-21-12-18(20)19-15(3)8-14(2)9-16(19)4/h5-10,18H,11-12,20H2,1-4H3. The van der Waals surface area contributed by atoms with Crippen LogP contribution in [0.4, 0.5) is 0 Å². The lowest BCUT2D eigenvalue weighted by atomic mass is 9.95. The van der Waals surface area contributed by atoms with E-state index in [1.165, 1.54) is 33.4 Å². The fourth-order valence-electron chi connectivity index (χ4n) is 2.97. The lowest BCUT2D eigenvalue weighted by molar-refractivity contribution is 0.812. The first-order valence-corrected chi connectivity index (χ1v) is 8.59. The third-order valence-corrected chi connectivity index (χ3v) is 4.89. The summed E-state index contributed by atoms with van der Waals surface area (Å²) in [6.07, 6.45) is 0. The number of benzene rings is 2. The molecule has 1 unspecified atom stereocenters. The molecule has 0 radical (unpaired) electrons. The second-order valence-electron chi connectivity index (χ2n) is 5.92. The van der Waals surface area contributed by atoms with E-state index in [4.69, 9.17) is 5.73 Å². The molecule has 2 aromatic rings. The molecule has 1 nitrogen and oxygen atoms in total. The maximum absolute atomic E-state index is 6.42. The molecule has 2 rings (SSSR count). The predicted octanol–water partition coefficient (Wildman–Crippen LogP) is 4.85. The molecule has 2 heteroatoms. The Morgan fingerprint density at radius 3 is 2.24 bits per heavy atom. The highest BCUT2D eigenvalue weighted by Crippen LogP contribution is 2.26. The fraction of sp³-hybridized carbons (Fsp3) is 0.368. The number of hydrogen-bond donors (Lipinski definition) is 1. The van der Waals surface area contributed by atoms with Crippen molar-refractivity contribution in [3.05, 3.63) is 69.8 Å². The van der Waals surface area contributed by atoms with Crippen LogP contribution in [0.3, 0.4) is 0 Å². The van der Waals surface area contributed by atoms with Crippen LogP contribution in [0.25, 0.3) is 0 Å². The summed E-state index contributed by atoms with van der Waals surface area (Å²) < 4.78 is 0. The minimum Gasteiger partial charge on any atom is -0.323 e. The van der Waals surface area contributed by atoms with Crippen LogP contribution in [-0.4, -0.2) is 5.75 Å². The molecule has 2 aromatic carbocycles. The van der Waals surface area contributed by atoms with Crippen LogP contribution in [-0.2, 0) is 5.75 Å². The van der Waals surface area contributed by atoms with Crippen LogP contribution in [0, 0.1) is 27.7 Å². The molecule has 0 saturated carbocycles. The Morgan fingerprint density at radius 2 is 1.62 bits per heavy atom. The second kappa shape index (κ2) is 7.15. The van der Waals surface area contributed by atoms with E-state index >= 15 is 0 Å². The van der Waals surface area contributed by atoms with E-state index in [1.807, 2.05) is 11.8 Å². The fourth-order valence-corrected chi connectivity index (χ4v) is 3.92. The van der Waals surface area contributed by atoms with E-state index in [0.717, 1.165) is 11.5 Å². The quantitative estimate of drug-likeness (QED) is 0.853. The Hall–Kier alpha value is -1.25. The molecule has 0 aliphatic heterocycles. The van der Waals surface area contributed by atoms with Crippen molar-refractivity contribution in [2.75, 3.05) is 5.75 Å². The minimum atomic E-state index is 0.111. The second-order valence-corrected chi connectivity index (χ2v) is 6.95. The van der Waals surface area contributed by atoms with Crippen LogP contribution in [0.2, 0.25) is 0 Å². The summed E-state index contributed by atoms with van der Waals surface area (Å²) in [6.45, 7) is 8.61. The van der Waals surface area contributed by atoms with Gasteiger partial charge in [-0.15, -0.1) is 0 Å². The zero-order chi connectivity index (χ0) is 15.4. The van der Waals surface area contributed by atoms with Gasteiger partial charge in [-0.3, -0.25) is 0 Å². The number of hydrogen-bond acceptors (Lipinski definition) is 2. The normalized spacial score (nSPS) is 12.4. The number of rotatable bonds is 5. The summed E-state index contributed by atoms with van der Waals surface area (Å²) in [5.41, 5.74) is 14.4. The van der Waals surface area contributed by atoms with Gasteiger partial charge >= 0.3 is 0 Å². The highest BCUT2D eigenvalue weighted by Gasteiger charge is 2.12. The van der Waals surface area contributed by atoms with E-state index in [0.29, 0.717) is 0 Å². The molecule has 2 N–H and O–H groups in total. The molecule has 21 heavy (non-hydrogen) atoms. The smallest absolute Gasteiger partial charge is 0.0392 e. The largest absolute Gasteiger partial charge is 0.323 e. The molecule has 0 aliphatic carbocycles. The van der Waals surface area contributed by atoms with Crippen LogP contribution < -0.4 is 5.73 Å². The third-order valence-electron chi connectivity index (χ3n) is 3.76. The van der Waals surface area contributed by atoms with Crippen molar-refractivity contribution < 1.29 is 0 Å². The Kier molecular flexibility index (Phi) is 5.49. The predicted molar refractivity (Wildman–Crippen MR) is 94.9 cm³/mol. The minimum absolute atomic E-state index is 0.111. The van der Waals surface area contributed by atoms with Crippen molar-refractivity contribution in [2.24, 2.45) is 5.73 Å². The van der Waals surface area contributed by atoms with Crippen LogP contribution >= 0.6 is 11.8 Å². The molecule has 0 fully saturated rings. The van der Waals surface area contributed by atoms with Crippen LogP contribution in [0.5, 0.6) is 0 Å². The van der Waals surface area contributed by atoms with Gasteiger partial charge in [0.15, 0.2) is 0 Å². The van der Waals surface area contributed by atoms with Gasteiger partial charge < -0.3 is 5.73 Å². The lowest BCUT2D eigenvalue weighted by Crippen LogP contribution is -2.16. The van der Waals surface area contributed by atoms with Gasteiger partial charge in [0.25, 0.3) is 0 Å². The summed E-state index contributed by atoms with van der Waals surface area (Å²) in [6, 6.07) is 13.3. The first kappa shape index (κ1) is 16.1. The van der Waals surface area contributed by atoms with Crippen molar-refractivity contribution in [1.82, 2.24) is 0 Å². The Morgan fingerprint density at radius 1 is 0.952 bits per heavy atom.